The topological polar surface area (TPSA) is 50.8 Å². The first kappa shape index (κ1) is 19.3. The molecule has 0 fully saturated rings. The summed E-state index contributed by atoms with van der Waals surface area (Å²) in [6, 6.07) is 6.08. The number of carbonyl (C=O) groups excluding carboxylic acids is 1. The van der Waals surface area contributed by atoms with Crippen LogP contribution >= 0.6 is 0 Å². The SMILES string of the molecule is CCCC(C)NC(=O)CN(CC)Cc1ccc(OC)c(OC)c1. The summed E-state index contributed by atoms with van der Waals surface area (Å²) in [5.41, 5.74) is 1.10. The number of nitrogens with one attached hydrogen (secondary N) is 1. The number of hydrogen-bond donors (Lipinski definition) is 1. The molecule has 0 aliphatic rings. The van der Waals surface area contributed by atoms with Crippen molar-refractivity contribution in [2.24, 2.45) is 0 Å². The zero-order valence-electron chi connectivity index (χ0n) is 15.0. The molecule has 0 saturated heterocycles. The van der Waals surface area contributed by atoms with Gasteiger partial charge in [0.1, 0.15) is 0 Å². The van der Waals surface area contributed by atoms with Gasteiger partial charge in [0.15, 0.2) is 11.5 Å². The van der Waals surface area contributed by atoms with Crippen molar-refractivity contribution < 1.29 is 14.3 Å². The Labute approximate surface area is 140 Å². The van der Waals surface area contributed by atoms with Crippen LogP contribution in [0.3, 0.4) is 0 Å². The second-order valence-corrected chi connectivity index (χ2v) is 5.75. The van der Waals surface area contributed by atoms with Gasteiger partial charge in [-0.1, -0.05) is 26.3 Å². The largest absolute Gasteiger partial charge is 0.493 e. The number of benzene rings is 1. The molecule has 0 spiro atoms. The van der Waals surface area contributed by atoms with Crippen LogP contribution in [-0.4, -0.2) is 44.2 Å². The lowest BCUT2D eigenvalue weighted by molar-refractivity contribution is -0.123. The Hall–Kier alpha value is -1.75. The van der Waals surface area contributed by atoms with Crippen LogP contribution in [0.2, 0.25) is 0 Å². The first-order valence-corrected chi connectivity index (χ1v) is 8.26. The van der Waals surface area contributed by atoms with Gasteiger partial charge in [-0.3, -0.25) is 9.69 Å². The molecule has 130 valence electrons. The summed E-state index contributed by atoms with van der Waals surface area (Å²) < 4.78 is 10.6. The maximum Gasteiger partial charge on any atom is 0.234 e. The van der Waals surface area contributed by atoms with E-state index in [9.17, 15) is 4.79 Å². The average Bonchev–Trinajstić information content (AvgIpc) is 2.54. The molecular weight excluding hydrogens is 292 g/mol. The summed E-state index contributed by atoms with van der Waals surface area (Å²) in [4.78, 5) is 14.2. The van der Waals surface area contributed by atoms with Gasteiger partial charge in [-0.15, -0.1) is 0 Å². The molecule has 5 nitrogen and oxygen atoms in total. The molecule has 23 heavy (non-hydrogen) atoms. The van der Waals surface area contributed by atoms with Crippen molar-refractivity contribution in [1.29, 1.82) is 0 Å². The molecule has 0 heterocycles. The summed E-state index contributed by atoms with van der Waals surface area (Å²) in [6.45, 7) is 8.14. The molecule has 0 radical (unpaired) electrons. The van der Waals surface area contributed by atoms with Gasteiger partial charge in [-0.25, -0.2) is 0 Å². The fourth-order valence-electron chi connectivity index (χ4n) is 2.55. The van der Waals surface area contributed by atoms with Gasteiger partial charge in [0.2, 0.25) is 5.91 Å². The molecule has 0 saturated carbocycles. The summed E-state index contributed by atoms with van der Waals surface area (Å²) in [5, 5.41) is 3.05. The van der Waals surface area contributed by atoms with E-state index >= 15 is 0 Å². The highest BCUT2D eigenvalue weighted by Gasteiger charge is 2.13. The number of likely N-dealkylation sites (N-methyl/N-ethyl adjacent to an activating group) is 1. The molecular formula is C18H30N2O3. The van der Waals surface area contributed by atoms with Gasteiger partial charge in [0, 0.05) is 12.6 Å². The van der Waals surface area contributed by atoms with E-state index in [1.807, 2.05) is 25.1 Å². The molecule has 1 aromatic carbocycles. The number of ether oxygens (including phenoxy) is 2. The summed E-state index contributed by atoms with van der Waals surface area (Å²) in [6.07, 6.45) is 2.08. The van der Waals surface area contributed by atoms with Gasteiger partial charge >= 0.3 is 0 Å². The zero-order chi connectivity index (χ0) is 17.2. The molecule has 1 atom stereocenters. The van der Waals surface area contributed by atoms with Crippen molar-refractivity contribution in [1.82, 2.24) is 10.2 Å². The Bertz CT molecular complexity index is 491. The van der Waals surface area contributed by atoms with Crippen molar-refractivity contribution in [2.75, 3.05) is 27.3 Å². The summed E-state index contributed by atoms with van der Waals surface area (Å²) >= 11 is 0. The Balaban J connectivity index is 2.64. The highest BCUT2D eigenvalue weighted by molar-refractivity contribution is 5.78. The molecule has 1 rings (SSSR count). The third kappa shape index (κ3) is 6.48. The van der Waals surface area contributed by atoms with Gasteiger partial charge in [0.25, 0.3) is 0 Å². The molecule has 1 amide bonds. The minimum absolute atomic E-state index is 0.0771. The van der Waals surface area contributed by atoms with E-state index in [1.54, 1.807) is 14.2 Å². The van der Waals surface area contributed by atoms with Crippen LogP contribution in [-0.2, 0) is 11.3 Å². The van der Waals surface area contributed by atoms with E-state index < -0.39 is 0 Å². The molecule has 1 unspecified atom stereocenters. The number of rotatable bonds is 10. The third-order valence-corrected chi connectivity index (χ3v) is 3.80. The van der Waals surface area contributed by atoms with Crippen LogP contribution in [0.5, 0.6) is 11.5 Å². The monoisotopic (exact) mass is 322 g/mol. The Morgan fingerprint density at radius 2 is 1.91 bits per heavy atom. The standard InChI is InChI=1S/C18H30N2O3/c1-6-8-14(3)19-18(21)13-20(7-2)12-15-9-10-16(22-4)17(11-15)23-5/h9-11,14H,6-8,12-13H2,1-5H3,(H,19,21). The molecule has 0 bridgehead atoms. The lowest BCUT2D eigenvalue weighted by atomic mass is 10.1. The van der Waals surface area contributed by atoms with Crippen LogP contribution in [0.25, 0.3) is 0 Å². The zero-order valence-corrected chi connectivity index (χ0v) is 15.0. The Morgan fingerprint density at radius 3 is 2.48 bits per heavy atom. The molecule has 1 N–H and O–H groups in total. The highest BCUT2D eigenvalue weighted by Crippen LogP contribution is 2.27. The third-order valence-electron chi connectivity index (χ3n) is 3.80. The second-order valence-electron chi connectivity index (χ2n) is 5.75. The quantitative estimate of drug-likeness (QED) is 0.720. The van der Waals surface area contributed by atoms with Crippen LogP contribution in [0, 0.1) is 0 Å². The number of hydrogen-bond acceptors (Lipinski definition) is 4. The van der Waals surface area contributed by atoms with Crippen molar-refractivity contribution in [3.05, 3.63) is 23.8 Å². The van der Waals surface area contributed by atoms with Gasteiger partial charge in [-0.2, -0.15) is 0 Å². The van der Waals surface area contributed by atoms with Crippen molar-refractivity contribution in [3.8, 4) is 11.5 Å². The van der Waals surface area contributed by atoms with Crippen molar-refractivity contribution in [2.45, 2.75) is 46.2 Å². The maximum absolute atomic E-state index is 12.1. The normalized spacial score (nSPS) is 12.1. The van der Waals surface area contributed by atoms with Crippen LogP contribution in [0.15, 0.2) is 18.2 Å². The lowest BCUT2D eigenvalue weighted by Gasteiger charge is -2.22. The fraction of sp³-hybridized carbons (Fsp3) is 0.611. The minimum Gasteiger partial charge on any atom is -0.493 e. The van der Waals surface area contributed by atoms with E-state index in [0.29, 0.717) is 24.6 Å². The van der Waals surface area contributed by atoms with E-state index in [4.69, 9.17) is 9.47 Å². The predicted octanol–water partition coefficient (Wildman–Crippen LogP) is 2.83. The summed E-state index contributed by atoms with van der Waals surface area (Å²) in [7, 11) is 3.25. The number of nitrogens with zero attached hydrogens (tertiary/aromatic N) is 1. The van der Waals surface area contributed by atoms with Crippen molar-refractivity contribution in [3.63, 3.8) is 0 Å². The lowest BCUT2D eigenvalue weighted by Crippen LogP contribution is -2.40. The van der Waals surface area contributed by atoms with Crippen molar-refractivity contribution >= 4 is 5.91 Å². The molecule has 0 aromatic heterocycles. The van der Waals surface area contributed by atoms with Crippen LogP contribution in [0.4, 0.5) is 0 Å². The summed E-state index contributed by atoms with van der Waals surface area (Å²) in [5.74, 6) is 1.50. The average molecular weight is 322 g/mol. The van der Waals surface area contributed by atoms with E-state index in [-0.39, 0.29) is 11.9 Å². The van der Waals surface area contributed by atoms with E-state index in [2.05, 4.69) is 24.1 Å². The van der Waals surface area contributed by atoms with Crippen LogP contribution in [0.1, 0.15) is 39.2 Å². The molecule has 0 aliphatic carbocycles. The maximum atomic E-state index is 12.1. The predicted molar refractivity (Wildman–Crippen MR) is 93.0 cm³/mol. The number of methoxy groups -OCH3 is 2. The number of amides is 1. The smallest absolute Gasteiger partial charge is 0.234 e. The van der Waals surface area contributed by atoms with Crippen LogP contribution < -0.4 is 14.8 Å². The van der Waals surface area contributed by atoms with Gasteiger partial charge < -0.3 is 14.8 Å². The Morgan fingerprint density at radius 1 is 1.22 bits per heavy atom. The minimum atomic E-state index is 0.0771. The molecule has 1 aromatic rings. The van der Waals surface area contributed by atoms with E-state index in [1.165, 1.54) is 0 Å². The van der Waals surface area contributed by atoms with Gasteiger partial charge in [0.05, 0.1) is 20.8 Å². The molecule has 5 heteroatoms. The first-order chi connectivity index (χ1) is 11.0. The molecule has 0 aliphatic heterocycles. The second kappa shape index (κ2) is 10.1. The number of carbonyl (C=O) groups is 1. The first-order valence-electron chi connectivity index (χ1n) is 8.26. The van der Waals surface area contributed by atoms with E-state index in [0.717, 1.165) is 24.9 Å². The highest BCUT2D eigenvalue weighted by atomic mass is 16.5. The van der Waals surface area contributed by atoms with Gasteiger partial charge in [-0.05, 0) is 37.6 Å². The Kier molecular flexibility index (Phi) is 8.48. The fourth-order valence-corrected chi connectivity index (χ4v) is 2.55.